The monoisotopic (exact) mass is 276 g/mol. The van der Waals surface area contributed by atoms with Crippen molar-refractivity contribution in [2.24, 2.45) is 0 Å². The van der Waals surface area contributed by atoms with E-state index < -0.39 is 0 Å². The minimum absolute atomic E-state index is 0.554. The van der Waals surface area contributed by atoms with Gasteiger partial charge in [-0.05, 0) is 37.5 Å². The molecule has 2 rings (SSSR count). The Morgan fingerprint density at radius 1 is 1.35 bits per heavy atom. The highest BCUT2D eigenvalue weighted by Gasteiger charge is 2.28. The predicted octanol–water partition coefficient (Wildman–Crippen LogP) is 3.36. The van der Waals surface area contributed by atoms with Crippen molar-refractivity contribution in [3.63, 3.8) is 0 Å². The molecule has 112 valence electrons. The lowest BCUT2D eigenvalue weighted by Gasteiger charge is -2.42. The summed E-state index contributed by atoms with van der Waals surface area (Å²) in [5.41, 5.74) is 2.54. The van der Waals surface area contributed by atoms with Gasteiger partial charge in [-0.3, -0.25) is 0 Å². The zero-order valence-electron chi connectivity index (χ0n) is 13.3. The van der Waals surface area contributed by atoms with Crippen LogP contribution < -0.4 is 15.0 Å². The Balaban J connectivity index is 2.28. The molecule has 20 heavy (non-hydrogen) atoms. The molecule has 1 aromatic carbocycles. The Kier molecular flexibility index (Phi) is 5.30. The van der Waals surface area contributed by atoms with E-state index in [1.54, 1.807) is 7.11 Å². The number of benzene rings is 1. The molecule has 1 N–H and O–H groups in total. The van der Waals surface area contributed by atoms with Crippen LogP contribution in [0.4, 0.5) is 5.69 Å². The smallest absolute Gasteiger partial charge is 0.142 e. The van der Waals surface area contributed by atoms with Crippen LogP contribution in [0.15, 0.2) is 18.2 Å². The van der Waals surface area contributed by atoms with Gasteiger partial charge in [0.1, 0.15) is 5.75 Å². The third kappa shape index (κ3) is 3.26. The Morgan fingerprint density at radius 3 is 2.80 bits per heavy atom. The molecule has 3 heteroatoms. The molecule has 3 nitrogen and oxygen atoms in total. The Morgan fingerprint density at radius 2 is 2.15 bits per heavy atom. The summed E-state index contributed by atoms with van der Waals surface area (Å²) in [5.74, 6) is 0.992. The normalized spacial score (nSPS) is 22.9. The van der Waals surface area contributed by atoms with E-state index in [0.717, 1.165) is 25.3 Å². The van der Waals surface area contributed by atoms with Gasteiger partial charge >= 0.3 is 0 Å². The van der Waals surface area contributed by atoms with Gasteiger partial charge in [0.05, 0.1) is 12.8 Å². The molecule has 1 heterocycles. The number of methoxy groups -OCH3 is 1. The lowest BCUT2D eigenvalue weighted by atomic mass is 10.0. The van der Waals surface area contributed by atoms with E-state index in [2.05, 4.69) is 49.2 Å². The summed E-state index contributed by atoms with van der Waals surface area (Å²) in [6.07, 6.45) is 3.62. The van der Waals surface area contributed by atoms with Crippen molar-refractivity contribution < 1.29 is 4.74 Å². The van der Waals surface area contributed by atoms with Gasteiger partial charge in [0, 0.05) is 25.2 Å². The van der Waals surface area contributed by atoms with E-state index in [0.29, 0.717) is 12.1 Å². The van der Waals surface area contributed by atoms with Crippen LogP contribution in [-0.4, -0.2) is 32.3 Å². The van der Waals surface area contributed by atoms with Crippen LogP contribution in [0, 0.1) is 6.92 Å². The molecule has 1 aromatic rings. The molecule has 0 aromatic heterocycles. The maximum absolute atomic E-state index is 5.58. The van der Waals surface area contributed by atoms with Crippen LogP contribution in [0.3, 0.4) is 0 Å². The highest BCUT2D eigenvalue weighted by molar-refractivity contribution is 5.61. The summed E-state index contributed by atoms with van der Waals surface area (Å²) in [5, 5.41) is 3.69. The van der Waals surface area contributed by atoms with E-state index in [1.165, 1.54) is 24.1 Å². The van der Waals surface area contributed by atoms with Crippen molar-refractivity contribution in [2.45, 2.75) is 52.1 Å². The Hall–Kier alpha value is -1.22. The van der Waals surface area contributed by atoms with E-state index in [4.69, 9.17) is 4.74 Å². The number of aryl methyl sites for hydroxylation is 1. The molecule has 0 radical (unpaired) electrons. The fraction of sp³-hybridized carbons (Fsp3) is 0.647. The maximum Gasteiger partial charge on any atom is 0.142 e. The molecule has 2 atom stereocenters. The average molecular weight is 276 g/mol. The highest BCUT2D eigenvalue weighted by atomic mass is 16.5. The lowest BCUT2D eigenvalue weighted by molar-refractivity contribution is 0.361. The summed E-state index contributed by atoms with van der Waals surface area (Å²) in [6.45, 7) is 8.81. The summed E-state index contributed by atoms with van der Waals surface area (Å²) in [7, 11) is 1.76. The third-order valence-electron chi connectivity index (χ3n) is 4.25. The van der Waals surface area contributed by atoms with Crippen LogP contribution in [0.25, 0.3) is 0 Å². The van der Waals surface area contributed by atoms with Gasteiger partial charge in [0.25, 0.3) is 0 Å². The Bertz CT molecular complexity index is 433. The summed E-state index contributed by atoms with van der Waals surface area (Å²) in [4.78, 5) is 2.54. The second-order valence-electron chi connectivity index (χ2n) is 5.78. The molecule has 0 bridgehead atoms. The number of rotatable bonds is 5. The quantitative estimate of drug-likeness (QED) is 0.892. The van der Waals surface area contributed by atoms with Crippen molar-refractivity contribution >= 4 is 5.69 Å². The second-order valence-corrected chi connectivity index (χ2v) is 5.78. The van der Waals surface area contributed by atoms with Gasteiger partial charge in [0.15, 0.2) is 0 Å². The zero-order valence-corrected chi connectivity index (χ0v) is 13.3. The second kappa shape index (κ2) is 6.98. The van der Waals surface area contributed by atoms with Crippen molar-refractivity contribution in [3.8, 4) is 5.75 Å². The van der Waals surface area contributed by atoms with Crippen LogP contribution in [0.5, 0.6) is 5.75 Å². The van der Waals surface area contributed by atoms with Gasteiger partial charge in [-0.25, -0.2) is 0 Å². The van der Waals surface area contributed by atoms with Gasteiger partial charge < -0.3 is 15.0 Å². The summed E-state index contributed by atoms with van der Waals surface area (Å²) in [6, 6.07) is 7.62. The molecule has 0 amide bonds. The highest BCUT2D eigenvalue weighted by Crippen LogP contribution is 2.32. The van der Waals surface area contributed by atoms with Crippen LogP contribution in [0.2, 0.25) is 0 Å². The maximum atomic E-state index is 5.58. The summed E-state index contributed by atoms with van der Waals surface area (Å²) >= 11 is 0. The molecule has 0 aliphatic carbocycles. The van der Waals surface area contributed by atoms with Crippen molar-refractivity contribution in [1.29, 1.82) is 0 Å². The van der Waals surface area contributed by atoms with E-state index in [9.17, 15) is 0 Å². The molecule has 0 saturated carbocycles. The predicted molar refractivity (Wildman–Crippen MR) is 85.9 cm³/mol. The van der Waals surface area contributed by atoms with Gasteiger partial charge in [-0.1, -0.05) is 26.3 Å². The van der Waals surface area contributed by atoms with E-state index >= 15 is 0 Å². The first-order valence-corrected chi connectivity index (χ1v) is 7.84. The molecule has 1 saturated heterocycles. The first-order chi connectivity index (χ1) is 9.69. The summed E-state index contributed by atoms with van der Waals surface area (Å²) < 4.78 is 5.58. The largest absolute Gasteiger partial charge is 0.495 e. The number of nitrogens with one attached hydrogen (secondary N) is 1. The van der Waals surface area contributed by atoms with Crippen LogP contribution in [0.1, 0.15) is 38.7 Å². The minimum atomic E-state index is 0.554. The van der Waals surface area contributed by atoms with E-state index in [1.807, 2.05) is 0 Å². The molecule has 2 unspecified atom stereocenters. The van der Waals surface area contributed by atoms with Crippen molar-refractivity contribution in [2.75, 3.05) is 25.1 Å². The molecule has 0 spiro atoms. The van der Waals surface area contributed by atoms with Crippen LogP contribution in [-0.2, 0) is 0 Å². The molecule has 1 fully saturated rings. The molecular weight excluding hydrogens is 248 g/mol. The first kappa shape index (κ1) is 15.2. The van der Waals surface area contributed by atoms with Crippen molar-refractivity contribution in [3.05, 3.63) is 23.8 Å². The number of anilines is 1. The average Bonchev–Trinajstić information content (AvgIpc) is 2.47. The fourth-order valence-electron chi connectivity index (χ4n) is 3.09. The first-order valence-electron chi connectivity index (χ1n) is 7.84. The van der Waals surface area contributed by atoms with Crippen molar-refractivity contribution in [1.82, 2.24) is 5.32 Å². The lowest BCUT2D eigenvalue weighted by Crippen LogP contribution is -2.56. The minimum Gasteiger partial charge on any atom is -0.495 e. The number of piperazine rings is 1. The van der Waals surface area contributed by atoms with Gasteiger partial charge in [-0.15, -0.1) is 0 Å². The Labute approximate surface area is 123 Å². The molecule has 1 aliphatic heterocycles. The topological polar surface area (TPSA) is 24.5 Å². The number of ether oxygens (including phenoxy) is 1. The van der Waals surface area contributed by atoms with E-state index in [-0.39, 0.29) is 0 Å². The number of hydrogen-bond acceptors (Lipinski definition) is 3. The standard InChI is InChI=1S/C17H28N2O/c1-5-7-14-12-19(15(6-2)11-18-14)16-10-13(3)8-9-17(16)20-4/h8-10,14-15,18H,5-7,11-12H2,1-4H3. The SMILES string of the molecule is CCCC1CN(c2cc(C)ccc2OC)C(CC)CN1. The van der Waals surface area contributed by atoms with Gasteiger partial charge in [0.2, 0.25) is 0 Å². The van der Waals surface area contributed by atoms with Crippen LogP contribution >= 0.6 is 0 Å². The number of nitrogens with zero attached hydrogens (tertiary/aromatic N) is 1. The molecular formula is C17H28N2O. The number of hydrogen-bond donors (Lipinski definition) is 1. The van der Waals surface area contributed by atoms with Gasteiger partial charge in [-0.2, -0.15) is 0 Å². The third-order valence-corrected chi connectivity index (χ3v) is 4.25. The molecule has 1 aliphatic rings. The zero-order chi connectivity index (χ0) is 14.5. The fourth-order valence-corrected chi connectivity index (χ4v) is 3.09.